The molecule has 0 radical (unpaired) electrons. The highest BCUT2D eigenvalue weighted by Crippen LogP contribution is 2.28. The van der Waals surface area contributed by atoms with Crippen LogP contribution in [0.25, 0.3) is 0 Å². The Labute approximate surface area is 128 Å². The Hall–Kier alpha value is -2.57. The first-order chi connectivity index (χ1) is 10.6. The minimum atomic E-state index is -0.366. The zero-order chi connectivity index (χ0) is 15.7. The molecule has 0 atom stereocenters. The molecular formula is C15H18N4O3. The summed E-state index contributed by atoms with van der Waals surface area (Å²) in [5, 5.41) is 2.74. The number of nitrogens with zero attached hydrogens (tertiary/aromatic N) is 1. The van der Waals surface area contributed by atoms with Crippen molar-refractivity contribution in [1.29, 1.82) is 0 Å². The Morgan fingerprint density at radius 2 is 2.05 bits per heavy atom. The van der Waals surface area contributed by atoms with Crippen LogP contribution in [0.3, 0.4) is 0 Å². The van der Waals surface area contributed by atoms with Crippen LogP contribution in [0.2, 0.25) is 0 Å². The van der Waals surface area contributed by atoms with Crippen LogP contribution in [-0.2, 0) is 4.79 Å². The zero-order valence-electron chi connectivity index (χ0n) is 12.3. The number of amides is 4. The van der Waals surface area contributed by atoms with Gasteiger partial charge in [0.2, 0.25) is 5.91 Å². The number of nitrogens with one attached hydrogen (secondary N) is 3. The summed E-state index contributed by atoms with van der Waals surface area (Å²) in [6, 6.07) is 4.97. The van der Waals surface area contributed by atoms with E-state index in [2.05, 4.69) is 16.2 Å². The van der Waals surface area contributed by atoms with Gasteiger partial charge in [0.25, 0.3) is 5.91 Å². The van der Waals surface area contributed by atoms with E-state index in [0.717, 1.165) is 24.1 Å². The van der Waals surface area contributed by atoms with Crippen LogP contribution in [-0.4, -0.2) is 30.9 Å². The quantitative estimate of drug-likeness (QED) is 0.718. The highest BCUT2D eigenvalue weighted by molar-refractivity contribution is 5.98. The third kappa shape index (κ3) is 2.88. The lowest BCUT2D eigenvalue weighted by atomic mass is 10.1. The van der Waals surface area contributed by atoms with Gasteiger partial charge in [-0.2, -0.15) is 0 Å². The molecular weight excluding hydrogens is 284 g/mol. The molecule has 0 spiro atoms. The van der Waals surface area contributed by atoms with E-state index in [4.69, 9.17) is 0 Å². The van der Waals surface area contributed by atoms with Crippen LogP contribution in [0.4, 0.5) is 10.5 Å². The summed E-state index contributed by atoms with van der Waals surface area (Å²) in [6.45, 7) is 3.08. The summed E-state index contributed by atoms with van der Waals surface area (Å²) < 4.78 is 0. The van der Waals surface area contributed by atoms with Crippen molar-refractivity contribution < 1.29 is 14.4 Å². The van der Waals surface area contributed by atoms with E-state index in [0.29, 0.717) is 18.7 Å². The number of rotatable bonds is 3. The summed E-state index contributed by atoms with van der Waals surface area (Å²) in [5.41, 5.74) is 6.90. The first-order valence-electron chi connectivity index (χ1n) is 7.32. The molecule has 1 aromatic rings. The summed E-state index contributed by atoms with van der Waals surface area (Å²) >= 11 is 0. The normalized spacial score (nSPS) is 17.1. The number of hydrogen-bond acceptors (Lipinski definition) is 3. The number of carbonyl (C=O) groups is 3. The van der Waals surface area contributed by atoms with Crippen molar-refractivity contribution in [2.75, 3.05) is 18.0 Å². The Kier molecular flexibility index (Phi) is 3.70. The topological polar surface area (TPSA) is 90.5 Å². The van der Waals surface area contributed by atoms with Crippen molar-refractivity contribution in [1.82, 2.24) is 16.2 Å². The standard InChI is InChI=1S/C15H18N4O3/c1-9-8-11(14(21)18-17-13(20)10-2-3-10)4-5-12(9)19-7-6-16-15(19)22/h4-5,8,10H,2-3,6-7H2,1H3,(H,16,22)(H,17,20)(H,18,21). The Bertz CT molecular complexity index is 640. The Morgan fingerprint density at radius 3 is 2.64 bits per heavy atom. The van der Waals surface area contributed by atoms with Gasteiger partial charge < -0.3 is 5.32 Å². The molecule has 7 nitrogen and oxygen atoms in total. The molecule has 1 aromatic carbocycles. The van der Waals surface area contributed by atoms with Crippen molar-refractivity contribution in [2.45, 2.75) is 19.8 Å². The SMILES string of the molecule is Cc1cc(C(=O)NNC(=O)C2CC2)ccc1N1CCNC1=O. The smallest absolute Gasteiger partial charge is 0.322 e. The molecule has 1 aliphatic heterocycles. The lowest BCUT2D eigenvalue weighted by molar-refractivity contribution is -0.123. The van der Waals surface area contributed by atoms with Crippen molar-refractivity contribution in [3.63, 3.8) is 0 Å². The minimum absolute atomic E-state index is 0.0399. The van der Waals surface area contributed by atoms with Gasteiger partial charge in [0, 0.05) is 30.3 Å². The monoisotopic (exact) mass is 302 g/mol. The van der Waals surface area contributed by atoms with Gasteiger partial charge >= 0.3 is 6.03 Å². The van der Waals surface area contributed by atoms with Crippen LogP contribution in [0.5, 0.6) is 0 Å². The molecule has 1 saturated carbocycles. The number of aryl methyl sites for hydroxylation is 1. The molecule has 3 N–H and O–H groups in total. The first kappa shape index (κ1) is 14.4. The molecule has 2 aliphatic rings. The van der Waals surface area contributed by atoms with Gasteiger partial charge in [-0.15, -0.1) is 0 Å². The van der Waals surface area contributed by atoms with E-state index in [1.54, 1.807) is 23.1 Å². The van der Waals surface area contributed by atoms with Crippen LogP contribution in [0.15, 0.2) is 18.2 Å². The highest BCUT2D eigenvalue weighted by atomic mass is 16.2. The molecule has 0 unspecified atom stereocenters. The van der Waals surface area contributed by atoms with E-state index >= 15 is 0 Å². The van der Waals surface area contributed by atoms with Gasteiger partial charge in [-0.05, 0) is 43.5 Å². The van der Waals surface area contributed by atoms with E-state index in [1.165, 1.54) is 0 Å². The van der Waals surface area contributed by atoms with E-state index in [-0.39, 0.29) is 23.8 Å². The average Bonchev–Trinajstić information content (AvgIpc) is 3.27. The molecule has 1 heterocycles. The average molecular weight is 302 g/mol. The highest BCUT2D eigenvalue weighted by Gasteiger charge is 2.30. The number of benzene rings is 1. The predicted octanol–water partition coefficient (Wildman–Crippen LogP) is 0.696. The maximum absolute atomic E-state index is 12.0. The molecule has 0 aromatic heterocycles. The lowest BCUT2D eigenvalue weighted by Gasteiger charge is -2.17. The summed E-state index contributed by atoms with van der Waals surface area (Å²) in [7, 11) is 0. The molecule has 7 heteroatoms. The zero-order valence-corrected chi connectivity index (χ0v) is 12.3. The minimum Gasteiger partial charge on any atom is -0.336 e. The molecule has 1 saturated heterocycles. The van der Waals surface area contributed by atoms with Crippen LogP contribution in [0, 0.1) is 12.8 Å². The number of carbonyl (C=O) groups excluding carboxylic acids is 3. The van der Waals surface area contributed by atoms with Crippen molar-refractivity contribution in [3.05, 3.63) is 29.3 Å². The van der Waals surface area contributed by atoms with E-state index in [1.807, 2.05) is 6.92 Å². The molecule has 116 valence electrons. The number of urea groups is 1. The van der Waals surface area contributed by atoms with Crippen LogP contribution < -0.4 is 21.1 Å². The van der Waals surface area contributed by atoms with E-state index < -0.39 is 0 Å². The second kappa shape index (κ2) is 5.67. The van der Waals surface area contributed by atoms with Gasteiger partial charge in [0.1, 0.15) is 0 Å². The van der Waals surface area contributed by atoms with Gasteiger partial charge in [-0.1, -0.05) is 0 Å². The third-order valence-corrected chi connectivity index (χ3v) is 3.85. The first-order valence-corrected chi connectivity index (χ1v) is 7.32. The van der Waals surface area contributed by atoms with Gasteiger partial charge in [-0.25, -0.2) is 4.79 Å². The fourth-order valence-electron chi connectivity index (χ4n) is 2.44. The summed E-state index contributed by atoms with van der Waals surface area (Å²) in [5.74, 6) is -0.469. The molecule has 1 aliphatic carbocycles. The van der Waals surface area contributed by atoms with Crippen LogP contribution >= 0.6 is 0 Å². The second-order valence-electron chi connectivity index (χ2n) is 5.60. The van der Waals surface area contributed by atoms with Gasteiger partial charge in [-0.3, -0.25) is 25.3 Å². The maximum atomic E-state index is 12.0. The van der Waals surface area contributed by atoms with Crippen molar-refractivity contribution in [2.24, 2.45) is 5.92 Å². The van der Waals surface area contributed by atoms with Gasteiger partial charge in [0.15, 0.2) is 0 Å². The largest absolute Gasteiger partial charge is 0.336 e. The Morgan fingerprint density at radius 1 is 1.27 bits per heavy atom. The number of anilines is 1. The summed E-state index contributed by atoms with van der Waals surface area (Å²) in [6.07, 6.45) is 1.76. The molecule has 0 bridgehead atoms. The molecule has 3 rings (SSSR count). The maximum Gasteiger partial charge on any atom is 0.322 e. The number of hydrogen-bond donors (Lipinski definition) is 3. The fourth-order valence-corrected chi connectivity index (χ4v) is 2.44. The Balaban J connectivity index is 1.66. The fraction of sp³-hybridized carbons (Fsp3) is 0.400. The van der Waals surface area contributed by atoms with Crippen LogP contribution in [0.1, 0.15) is 28.8 Å². The van der Waals surface area contributed by atoms with Crippen molar-refractivity contribution in [3.8, 4) is 0 Å². The lowest BCUT2D eigenvalue weighted by Crippen LogP contribution is -2.42. The molecule has 4 amide bonds. The third-order valence-electron chi connectivity index (χ3n) is 3.85. The summed E-state index contributed by atoms with van der Waals surface area (Å²) in [4.78, 5) is 36.8. The molecule has 2 fully saturated rings. The molecule has 22 heavy (non-hydrogen) atoms. The van der Waals surface area contributed by atoms with Gasteiger partial charge in [0.05, 0.1) is 0 Å². The van der Waals surface area contributed by atoms with Crippen molar-refractivity contribution >= 4 is 23.5 Å². The number of hydrazine groups is 1. The second-order valence-corrected chi connectivity index (χ2v) is 5.60. The predicted molar refractivity (Wildman–Crippen MR) is 80.3 cm³/mol. The van der Waals surface area contributed by atoms with E-state index in [9.17, 15) is 14.4 Å².